The van der Waals surface area contributed by atoms with E-state index in [1.807, 2.05) is 42.2 Å². The lowest BCUT2D eigenvalue weighted by atomic mass is 9.99. The van der Waals surface area contributed by atoms with Crippen molar-refractivity contribution in [2.75, 3.05) is 25.7 Å². The largest absolute Gasteiger partial charge is 0.493 e. The molecular weight excluding hydrogens is 302 g/mol. The third-order valence-electron chi connectivity index (χ3n) is 4.60. The number of hydrogen-bond acceptors (Lipinski definition) is 3. The number of para-hydroxylation sites is 1. The number of hydrogen-bond donors (Lipinski definition) is 0. The second-order valence-electron chi connectivity index (χ2n) is 6.09. The standard InChI is InChI=1S/C20H23NO3/c1-14-11-18(23-2)19(24-3)12-16(14)13-20(22)21-10-6-8-15-7-4-5-9-17(15)21/h4-5,7,9,11-12H,6,8,10,13H2,1-3H3. The van der Waals surface area contributed by atoms with Gasteiger partial charge >= 0.3 is 0 Å². The van der Waals surface area contributed by atoms with Gasteiger partial charge in [0.15, 0.2) is 11.5 Å². The minimum atomic E-state index is 0.123. The van der Waals surface area contributed by atoms with E-state index in [0.717, 1.165) is 36.2 Å². The second kappa shape index (κ2) is 6.95. The van der Waals surface area contributed by atoms with Crippen LogP contribution in [0.3, 0.4) is 0 Å². The van der Waals surface area contributed by atoms with E-state index in [1.54, 1.807) is 14.2 Å². The van der Waals surface area contributed by atoms with Gasteiger partial charge in [0, 0.05) is 12.2 Å². The highest BCUT2D eigenvalue weighted by atomic mass is 16.5. The van der Waals surface area contributed by atoms with Crippen LogP contribution in [-0.2, 0) is 17.6 Å². The van der Waals surface area contributed by atoms with E-state index in [0.29, 0.717) is 17.9 Å². The Bertz CT molecular complexity index is 755. The lowest BCUT2D eigenvalue weighted by Crippen LogP contribution is -2.36. The van der Waals surface area contributed by atoms with Crippen molar-refractivity contribution in [1.29, 1.82) is 0 Å². The molecule has 0 aromatic heterocycles. The first-order valence-electron chi connectivity index (χ1n) is 8.24. The third kappa shape index (κ3) is 3.09. The molecule has 0 aliphatic carbocycles. The summed E-state index contributed by atoms with van der Waals surface area (Å²) in [5, 5.41) is 0. The first kappa shape index (κ1) is 16.4. The van der Waals surface area contributed by atoms with Gasteiger partial charge in [0.2, 0.25) is 5.91 Å². The molecule has 126 valence electrons. The summed E-state index contributed by atoms with van der Waals surface area (Å²) in [5.74, 6) is 1.47. The van der Waals surface area contributed by atoms with Crippen LogP contribution in [0.2, 0.25) is 0 Å². The average Bonchev–Trinajstić information content (AvgIpc) is 2.62. The van der Waals surface area contributed by atoms with Gasteiger partial charge in [-0.1, -0.05) is 18.2 Å². The van der Waals surface area contributed by atoms with Gasteiger partial charge in [-0.2, -0.15) is 0 Å². The van der Waals surface area contributed by atoms with E-state index in [4.69, 9.17) is 9.47 Å². The molecule has 1 aliphatic heterocycles. The first-order valence-corrected chi connectivity index (χ1v) is 8.24. The van der Waals surface area contributed by atoms with Gasteiger partial charge in [0.05, 0.1) is 20.6 Å². The Labute approximate surface area is 143 Å². The number of benzene rings is 2. The molecule has 2 aromatic rings. The molecule has 4 nitrogen and oxygen atoms in total. The van der Waals surface area contributed by atoms with Crippen LogP contribution in [-0.4, -0.2) is 26.7 Å². The Morgan fingerprint density at radius 2 is 1.83 bits per heavy atom. The van der Waals surface area contributed by atoms with Crippen LogP contribution in [0, 0.1) is 6.92 Å². The predicted molar refractivity (Wildman–Crippen MR) is 95.1 cm³/mol. The van der Waals surface area contributed by atoms with Gasteiger partial charge in [-0.25, -0.2) is 0 Å². The monoisotopic (exact) mass is 325 g/mol. The zero-order valence-corrected chi connectivity index (χ0v) is 14.5. The summed E-state index contributed by atoms with van der Waals surface area (Å²) in [6.45, 7) is 2.77. The number of anilines is 1. The molecule has 2 aromatic carbocycles. The van der Waals surface area contributed by atoms with E-state index < -0.39 is 0 Å². The molecule has 4 heteroatoms. The van der Waals surface area contributed by atoms with Crippen molar-refractivity contribution in [2.24, 2.45) is 0 Å². The number of ether oxygens (including phenoxy) is 2. The molecule has 24 heavy (non-hydrogen) atoms. The van der Waals surface area contributed by atoms with E-state index in [2.05, 4.69) is 6.07 Å². The van der Waals surface area contributed by atoms with Gasteiger partial charge in [0.1, 0.15) is 0 Å². The SMILES string of the molecule is COc1cc(C)c(CC(=O)N2CCCc3ccccc32)cc1OC. The van der Waals surface area contributed by atoms with Crippen LogP contribution in [0.15, 0.2) is 36.4 Å². The highest BCUT2D eigenvalue weighted by Crippen LogP contribution is 2.32. The number of rotatable bonds is 4. The molecule has 0 spiro atoms. The number of nitrogens with zero attached hydrogens (tertiary/aromatic N) is 1. The average molecular weight is 325 g/mol. The van der Waals surface area contributed by atoms with Crippen molar-refractivity contribution >= 4 is 11.6 Å². The highest BCUT2D eigenvalue weighted by molar-refractivity contribution is 5.96. The summed E-state index contributed by atoms with van der Waals surface area (Å²) in [6, 6.07) is 12.0. The van der Waals surface area contributed by atoms with Gasteiger partial charge in [-0.05, 0) is 54.7 Å². The van der Waals surface area contributed by atoms with Gasteiger partial charge in [0.25, 0.3) is 0 Å². The molecule has 0 saturated heterocycles. The topological polar surface area (TPSA) is 38.8 Å². The molecular formula is C20H23NO3. The summed E-state index contributed by atoms with van der Waals surface area (Å²) in [5.41, 5.74) is 4.31. The smallest absolute Gasteiger partial charge is 0.231 e. The van der Waals surface area contributed by atoms with Crippen LogP contribution in [0.1, 0.15) is 23.1 Å². The molecule has 0 fully saturated rings. The van der Waals surface area contributed by atoms with Crippen molar-refractivity contribution in [3.05, 3.63) is 53.1 Å². The molecule has 0 unspecified atom stereocenters. The summed E-state index contributed by atoms with van der Waals surface area (Å²) in [4.78, 5) is 14.8. The third-order valence-corrected chi connectivity index (χ3v) is 4.60. The predicted octanol–water partition coefficient (Wildman–Crippen LogP) is 3.53. The first-order chi connectivity index (χ1) is 11.6. The zero-order chi connectivity index (χ0) is 17.1. The Morgan fingerprint density at radius 3 is 2.58 bits per heavy atom. The summed E-state index contributed by atoms with van der Waals surface area (Å²) >= 11 is 0. The van der Waals surface area contributed by atoms with Crippen molar-refractivity contribution in [1.82, 2.24) is 0 Å². The molecule has 0 bridgehead atoms. The van der Waals surface area contributed by atoms with Gasteiger partial charge in [-0.3, -0.25) is 4.79 Å². The fraction of sp³-hybridized carbons (Fsp3) is 0.350. The maximum absolute atomic E-state index is 12.9. The van der Waals surface area contributed by atoms with E-state index >= 15 is 0 Å². The Hall–Kier alpha value is -2.49. The van der Waals surface area contributed by atoms with E-state index in [9.17, 15) is 4.79 Å². The van der Waals surface area contributed by atoms with Crippen LogP contribution in [0.25, 0.3) is 0 Å². The molecule has 1 aliphatic rings. The maximum Gasteiger partial charge on any atom is 0.231 e. The molecule has 3 rings (SSSR count). The van der Waals surface area contributed by atoms with E-state index in [1.165, 1.54) is 5.56 Å². The fourth-order valence-electron chi connectivity index (χ4n) is 3.26. The minimum Gasteiger partial charge on any atom is -0.493 e. The highest BCUT2D eigenvalue weighted by Gasteiger charge is 2.23. The number of carbonyl (C=O) groups is 1. The van der Waals surface area contributed by atoms with Crippen LogP contribution in [0.5, 0.6) is 11.5 Å². The second-order valence-corrected chi connectivity index (χ2v) is 6.09. The molecule has 0 saturated carbocycles. The Balaban J connectivity index is 1.86. The quantitative estimate of drug-likeness (QED) is 0.863. The molecule has 0 N–H and O–H groups in total. The van der Waals surface area contributed by atoms with Crippen molar-refractivity contribution < 1.29 is 14.3 Å². The summed E-state index contributed by atoms with van der Waals surface area (Å²) in [6.07, 6.45) is 2.41. The lowest BCUT2D eigenvalue weighted by molar-refractivity contribution is -0.118. The molecule has 0 radical (unpaired) electrons. The van der Waals surface area contributed by atoms with Crippen molar-refractivity contribution in [3.8, 4) is 11.5 Å². The normalized spacial score (nSPS) is 13.4. The van der Waals surface area contributed by atoms with Crippen molar-refractivity contribution in [2.45, 2.75) is 26.2 Å². The molecule has 1 heterocycles. The Kier molecular flexibility index (Phi) is 4.74. The number of aryl methyl sites for hydroxylation is 2. The maximum atomic E-state index is 12.9. The zero-order valence-electron chi connectivity index (χ0n) is 14.5. The number of methoxy groups -OCH3 is 2. The summed E-state index contributed by atoms with van der Waals surface area (Å²) < 4.78 is 10.7. The van der Waals surface area contributed by atoms with Crippen LogP contribution < -0.4 is 14.4 Å². The number of carbonyl (C=O) groups excluding carboxylic acids is 1. The van der Waals surface area contributed by atoms with Crippen LogP contribution in [0.4, 0.5) is 5.69 Å². The minimum absolute atomic E-state index is 0.123. The fourth-order valence-corrected chi connectivity index (χ4v) is 3.26. The molecule has 0 atom stereocenters. The Morgan fingerprint density at radius 1 is 1.12 bits per heavy atom. The van der Waals surface area contributed by atoms with Gasteiger partial charge < -0.3 is 14.4 Å². The summed E-state index contributed by atoms with van der Waals surface area (Å²) in [7, 11) is 3.23. The number of amides is 1. The molecule has 1 amide bonds. The van der Waals surface area contributed by atoms with E-state index in [-0.39, 0.29) is 5.91 Å². The van der Waals surface area contributed by atoms with Gasteiger partial charge in [-0.15, -0.1) is 0 Å². The van der Waals surface area contributed by atoms with Crippen LogP contribution >= 0.6 is 0 Å². The lowest BCUT2D eigenvalue weighted by Gasteiger charge is -2.29. The number of fused-ring (bicyclic) bond motifs is 1. The van der Waals surface area contributed by atoms with Crippen molar-refractivity contribution in [3.63, 3.8) is 0 Å².